The molecule has 2 aromatic rings. The molecule has 2 rings (SSSR count). The molecule has 0 fully saturated rings. The first-order chi connectivity index (χ1) is 9.10. The average molecular weight is 277 g/mol. The van der Waals surface area contributed by atoms with Crippen molar-refractivity contribution in [3.05, 3.63) is 58.4 Å². The molecule has 0 unspecified atom stereocenters. The van der Waals surface area contributed by atoms with Crippen molar-refractivity contribution < 1.29 is 9.90 Å². The first-order valence-corrected chi connectivity index (χ1v) is 6.11. The summed E-state index contributed by atoms with van der Waals surface area (Å²) < 4.78 is 0. The fourth-order valence-corrected chi connectivity index (χ4v) is 1.93. The number of hydrogen-bond acceptors (Lipinski definition) is 3. The zero-order chi connectivity index (χ0) is 13.8. The number of carbonyl (C=O) groups excluding carboxylic acids is 1. The van der Waals surface area contributed by atoms with E-state index in [1.807, 2.05) is 0 Å². The van der Waals surface area contributed by atoms with E-state index in [1.54, 1.807) is 37.3 Å². The van der Waals surface area contributed by atoms with Gasteiger partial charge in [0.2, 0.25) is 0 Å². The summed E-state index contributed by atoms with van der Waals surface area (Å²) in [4.78, 5) is 16.1. The van der Waals surface area contributed by atoms with Crippen LogP contribution in [-0.2, 0) is 6.61 Å². The smallest absolute Gasteiger partial charge is 0.258 e. The molecule has 19 heavy (non-hydrogen) atoms. The van der Waals surface area contributed by atoms with Gasteiger partial charge in [-0.2, -0.15) is 0 Å². The molecule has 0 aliphatic rings. The van der Waals surface area contributed by atoms with Crippen molar-refractivity contribution >= 4 is 23.2 Å². The third kappa shape index (κ3) is 3.30. The number of hydrogen-bond donors (Lipinski definition) is 2. The van der Waals surface area contributed by atoms with Crippen LogP contribution in [0.4, 0.5) is 5.69 Å². The standard InChI is InChI=1S/C14H13ClN2O2/c1-9-5-13(15)12(7-16-9)14(19)17-11-4-2-3-10(6-11)8-18/h2-7,18H,8H2,1H3,(H,17,19). The van der Waals surface area contributed by atoms with Gasteiger partial charge in [0, 0.05) is 17.6 Å². The molecule has 0 saturated heterocycles. The number of nitrogens with zero attached hydrogens (tertiary/aromatic N) is 1. The van der Waals surface area contributed by atoms with Gasteiger partial charge >= 0.3 is 0 Å². The Morgan fingerprint density at radius 1 is 1.42 bits per heavy atom. The second-order valence-corrected chi connectivity index (χ2v) is 4.53. The summed E-state index contributed by atoms with van der Waals surface area (Å²) in [5, 5.41) is 12.1. The molecule has 0 bridgehead atoms. The zero-order valence-electron chi connectivity index (χ0n) is 10.4. The topological polar surface area (TPSA) is 62.2 Å². The minimum atomic E-state index is -0.326. The summed E-state index contributed by atoms with van der Waals surface area (Å²) >= 11 is 6.01. The Bertz CT molecular complexity index is 614. The Balaban J connectivity index is 2.20. The van der Waals surface area contributed by atoms with Gasteiger partial charge in [0.1, 0.15) is 0 Å². The van der Waals surface area contributed by atoms with Crippen LogP contribution in [0.2, 0.25) is 5.02 Å². The van der Waals surface area contributed by atoms with E-state index in [0.717, 1.165) is 11.3 Å². The molecule has 2 N–H and O–H groups in total. The normalized spacial score (nSPS) is 10.3. The maximum Gasteiger partial charge on any atom is 0.258 e. The van der Waals surface area contributed by atoms with Crippen molar-refractivity contribution in [1.29, 1.82) is 0 Å². The second kappa shape index (κ2) is 5.82. The van der Waals surface area contributed by atoms with Crippen molar-refractivity contribution in [3.63, 3.8) is 0 Å². The summed E-state index contributed by atoms with van der Waals surface area (Å²) in [7, 11) is 0. The summed E-state index contributed by atoms with van der Waals surface area (Å²) in [6.07, 6.45) is 1.45. The molecule has 0 saturated carbocycles. The van der Waals surface area contributed by atoms with Gasteiger partial charge in [-0.25, -0.2) is 0 Å². The number of rotatable bonds is 3. The fraction of sp³-hybridized carbons (Fsp3) is 0.143. The summed E-state index contributed by atoms with van der Waals surface area (Å²) in [5.74, 6) is -0.326. The number of halogens is 1. The number of nitrogens with one attached hydrogen (secondary N) is 1. The maximum absolute atomic E-state index is 12.0. The SMILES string of the molecule is Cc1cc(Cl)c(C(=O)Nc2cccc(CO)c2)cn1. The van der Waals surface area contributed by atoms with Crippen LogP contribution in [0.15, 0.2) is 36.5 Å². The van der Waals surface area contributed by atoms with Gasteiger partial charge in [0.05, 0.1) is 17.2 Å². The molecule has 1 aromatic heterocycles. The quantitative estimate of drug-likeness (QED) is 0.906. The van der Waals surface area contributed by atoms with E-state index in [2.05, 4.69) is 10.3 Å². The van der Waals surface area contributed by atoms with E-state index in [0.29, 0.717) is 16.3 Å². The third-order valence-corrected chi connectivity index (χ3v) is 2.91. The molecule has 1 amide bonds. The van der Waals surface area contributed by atoms with Crippen LogP contribution in [-0.4, -0.2) is 16.0 Å². The van der Waals surface area contributed by atoms with Gasteiger partial charge < -0.3 is 10.4 Å². The predicted molar refractivity (Wildman–Crippen MR) is 74.3 cm³/mol. The van der Waals surface area contributed by atoms with Crippen LogP contribution in [0.1, 0.15) is 21.6 Å². The highest BCUT2D eigenvalue weighted by Gasteiger charge is 2.11. The van der Waals surface area contributed by atoms with Crippen LogP contribution < -0.4 is 5.32 Å². The number of benzene rings is 1. The van der Waals surface area contributed by atoms with Crippen LogP contribution in [0.5, 0.6) is 0 Å². The molecule has 0 atom stereocenters. The number of aromatic nitrogens is 1. The molecular formula is C14H13ClN2O2. The van der Waals surface area contributed by atoms with Crippen molar-refractivity contribution in [2.45, 2.75) is 13.5 Å². The Morgan fingerprint density at radius 3 is 2.89 bits per heavy atom. The Kier molecular flexibility index (Phi) is 4.14. The molecular weight excluding hydrogens is 264 g/mol. The molecule has 98 valence electrons. The van der Waals surface area contributed by atoms with Gasteiger partial charge in [-0.3, -0.25) is 9.78 Å². The molecule has 0 radical (unpaired) electrons. The first-order valence-electron chi connectivity index (χ1n) is 5.73. The Morgan fingerprint density at radius 2 is 2.21 bits per heavy atom. The number of aliphatic hydroxyl groups is 1. The molecule has 0 spiro atoms. The highest BCUT2D eigenvalue weighted by atomic mass is 35.5. The van der Waals surface area contributed by atoms with Gasteiger partial charge in [-0.15, -0.1) is 0 Å². The molecule has 5 heteroatoms. The minimum absolute atomic E-state index is 0.0729. The summed E-state index contributed by atoms with van der Waals surface area (Å²) in [6.45, 7) is 1.73. The fourth-order valence-electron chi connectivity index (χ4n) is 1.64. The largest absolute Gasteiger partial charge is 0.392 e. The van der Waals surface area contributed by atoms with Crippen molar-refractivity contribution in [2.24, 2.45) is 0 Å². The zero-order valence-corrected chi connectivity index (χ0v) is 11.1. The van der Waals surface area contributed by atoms with Crippen LogP contribution >= 0.6 is 11.6 Å². The number of pyridine rings is 1. The van der Waals surface area contributed by atoms with Crippen molar-refractivity contribution in [1.82, 2.24) is 4.98 Å². The number of amides is 1. The number of aryl methyl sites for hydroxylation is 1. The van der Waals surface area contributed by atoms with Gasteiger partial charge in [0.25, 0.3) is 5.91 Å². The van der Waals surface area contributed by atoms with Crippen LogP contribution in [0.25, 0.3) is 0 Å². The number of anilines is 1. The average Bonchev–Trinajstić information content (AvgIpc) is 2.38. The minimum Gasteiger partial charge on any atom is -0.392 e. The van der Waals surface area contributed by atoms with Crippen molar-refractivity contribution in [3.8, 4) is 0 Å². The van der Waals surface area contributed by atoms with E-state index in [9.17, 15) is 4.79 Å². The Labute approximate surface area is 116 Å². The van der Waals surface area contributed by atoms with E-state index in [-0.39, 0.29) is 12.5 Å². The molecule has 4 nitrogen and oxygen atoms in total. The highest BCUT2D eigenvalue weighted by molar-refractivity contribution is 6.34. The first kappa shape index (κ1) is 13.5. The molecule has 0 aliphatic heterocycles. The Hall–Kier alpha value is -1.91. The lowest BCUT2D eigenvalue weighted by atomic mass is 10.2. The van der Waals surface area contributed by atoms with Crippen LogP contribution in [0.3, 0.4) is 0 Å². The molecule has 1 heterocycles. The lowest BCUT2D eigenvalue weighted by Gasteiger charge is -2.08. The van der Waals surface area contributed by atoms with Crippen LogP contribution in [0, 0.1) is 6.92 Å². The number of carbonyl (C=O) groups is 1. The maximum atomic E-state index is 12.0. The number of aliphatic hydroxyl groups excluding tert-OH is 1. The molecule has 0 aliphatic carbocycles. The second-order valence-electron chi connectivity index (χ2n) is 4.12. The van der Waals surface area contributed by atoms with E-state index >= 15 is 0 Å². The van der Waals surface area contributed by atoms with Gasteiger partial charge in [0.15, 0.2) is 0 Å². The van der Waals surface area contributed by atoms with Gasteiger partial charge in [-0.05, 0) is 30.7 Å². The van der Waals surface area contributed by atoms with E-state index in [1.165, 1.54) is 6.20 Å². The van der Waals surface area contributed by atoms with Gasteiger partial charge in [-0.1, -0.05) is 23.7 Å². The van der Waals surface area contributed by atoms with E-state index in [4.69, 9.17) is 16.7 Å². The van der Waals surface area contributed by atoms with E-state index < -0.39 is 0 Å². The third-order valence-electron chi connectivity index (χ3n) is 2.60. The summed E-state index contributed by atoms with van der Waals surface area (Å²) in [6, 6.07) is 8.62. The highest BCUT2D eigenvalue weighted by Crippen LogP contribution is 2.18. The molecule has 1 aromatic carbocycles. The lowest BCUT2D eigenvalue weighted by Crippen LogP contribution is -2.13. The predicted octanol–water partition coefficient (Wildman–Crippen LogP) is 2.79. The lowest BCUT2D eigenvalue weighted by molar-refractivity contribution is 0.102. The van der Waals surface area contributed by atoms with Crippen molar-refractivity contribution in [2.75, 3.05) is 5.32 Å². The summed E-state index contributed by atoms with van der Waals surface area (Å²) in [5.41, 5.74) is 2.41. The monoisotopic (exact) mass is 276 g/mol.